The van der Waals surface area contributed by atoms with E-state index in [4.69, 9.17) is 0 Å². The fraction of sp³-hybridized carbons (Fsp3) is 0.200. The second kappa shape index (κ2) is 6.36. The number of pyridine rings is 1. The maximum Gasteiger partial charge on any atom is 0.185 e. The smallest absolute Gasteiger partial charge is 0.185 e. The molecular weight excluding hydrogens is 242 g/mol. The zero-order valence-corrected chi connectivity index (χ0v) is 10.9. The summed E-state index contributed by atoms with van der Waals surface area (Å²) in [6.45, 7) is 0. The van der Waals surface area contributed by atoms with E-state index in [0.717, 1.165) is 12.1 Å². The number of rotatable bonds is 5. The third-order valence-corrected chi connectivity index (χ3v) is 3.12. The number of hydrogen-bond donors (Lipinski definition) is 1. The lowest BCUT2D eigenvalue weighted by Crippen LogP contribution is -2.05. The van der Waals surface area contributed by atoms with Crippen LogP contribution in [0.1, 0.15) is 30.0 Å². The molecule has 2 nitrogen and oxygen atoms in total. The molecule has 0 saturated carbocycles. The van der Waals surface area contributed by atoms with Crippen LogP contribution >= 0.6 is 12.6 Å². The molecule has 1 heterocycles. The van der Waals surface area contributed by atoms with Gasteiger partial charge in [-0.05, 0) is 24.1 Å². The summed E-state index contributed by atoms with van der Waals surface area (Å²) in [7, 11) is 0. The van der Waals surface area contributed by atoms with Gasteiger partial charge < -0.3 is 0 Å². The number of carbonyl (C=O) groups excluding carboxylic acids is 1. The zero-order valence-electron chi connectivity index (χ0n) is 9.99. The van der Waals surface area contributed by atoms with Gasteiger partial charge in [-0.3, -0.25) is 9.78 Å². The van der Waals surface area contributed by atoms with Crippen molar-refractivity contribution in [1.29, 1.82) is 0 Å². The largest absolute Gasteiger partial charge is 0.288 e. The van der Waals surface area contributed by atoms with E-state index in [9.17, 15) is 4.79 Å². The maximum absolute atomic E-state index is 11.1. The zero-order chi connectivity index (χ0) is 12.8. The van der Waals surface area contributed by atoms with Crippen LogP contribution in [0.4, 0.5) is 0 Å². The summed E-state index contributed by atoms with van der Waals surface area (Å²) < 4.78 is 0. The number of aromatic nitrogens is 1. The summed E-state index contributed by atoms with van der Waals surface area (Å²) in [4.78, 5) is 15.5. The van der Waals surface area contributed by atoms with Crippen molar-refractivity contribution >= 4 is 17.7 Å². The van der Waals surface area contributed by atoms with E-state index in [2.05, 4.69) is 29.7 Å². The Hall–Kier alpha value is -1.61. The van der Waals surface area contributed by atoms with Crippen LogP contribution in [0.5, 0.6) is 0 Å². The summed E-state index contributed by atoms with van der Waals surface area (Å²) >= 11 is 3.84. The van der Waals surface area contributed by atoms with Gasteiger partial charge in [0.1, 0.15) is 0 Å². The highest BCUT2D eigenvalue weighted by Crippen LogP contribution is 2.27. The lowest BCUT2D eigenvalue weighted by Gasteiger charge is -2.16. The first-order valence-corrected chi connectivity index (χ1v) is 6.40. The molecule has 2 aromatic rings. The van der Waals surface area contributed by atoms with Crippen molar-refractivity contribution in [3.63, 3.8) is 0 Å². The molecule has 3 heteroatoms. The molecule has 1 aromatic heterocycles. The first kappa shape index (κ1) is 12.8. The van der Waals surface area contributed by atoms with Crippen LogP contribution in [-0.4, -0.2) is 10.1 Å². The minimum Gasteiger partial charge on any atom is -0.288 e. The van der Waals surface area contributed by atoms with Crippen LogP contribution < -0.4 is 0 Å². The molecule has 0 N–H and O–H groups in total. The Bertz CT molecular complexity index is 459. The minimum absolute atomic E-state index is 0.0770. The van der Waals surface area contributed by atoms with Gasteiger partial charge in [0.25, 0.3) is 0 Å². The molecule has 2 rings (SSSR count). The standard InChI is InChI=1S/C15H15NOS/c17-15(18)10-9-13(12-6-2-1-3-7-12)14-8-4-5-11-16-14/h1-8,11,13H,9-10H2,(H,17,18). The van der Waals surface area contributed by atoms with Crippen LogP contribution in [0.3, 0.4) is 0 Å². The predicted octanol–water partition coefficient (Wildman–Crippen LogP) is 3.45. The van der Waals surface area contributed by atoms with E-state index >= 15 is 0 Å². The average molecular weight is 257 g/mol. The van der Waals surface area contributed by atoms with Crippen molar-refractivity contribution in [1.82, 2.24) is 4.98 Å². The Balaban J connectivity index is 2.26. The Kier molecular flexibility index (Phi) is 4.53. The molecule has 0 radical (unpaired) electrons. The number of nitrogens with zero attached hydrogens (tertiary/aromatic N) is 1. The second-order valence-electron chi connectivity index (χ2n) is 4.15. The van der Waals surface area contributed by atoms with Crippen molar-refractivity contribution in [2.75, 3.05) is 0 Å². The molecule has 1 aromatic carbocycles. The average Bonchev–Trinajstić information content (AvgIpc) is 2.41. The molecule has 0 aliphatic rings. The number of thiol groups is 1. The van der Waals surface area contributed by atoms with Crippen molar-refractivity contribution < 1.29 is 4.79 Å². The lowest BCUT2D eigenvalue weighted by molar-refractivity contribution is -0.110. The third-order valence-electron chi connectivity index (χ3n) is 2.89. The second-order valence-corrected chi connectivity index (χ2v) is 4.65. The van der Waals surface area contributed by atoms with E-state index in [-0.39, 0.29) is 11.0 Å². The summed E-state index contributed by atoms with van der Waals surface area (Å²) in [6.07, 6.45) is 2.98. The monoisotopic (exact) mass is 257 g/mol. The van der Waals surface area contributed by atoms with Gasteiger partial charge in [-0.2, -0.15) is 0 Å². The molecule has 0 aliphatic carbocycles. The van der Waals surface area contributed by atoms with Gasteiger partial charge in [-0.25, -0.2) is 0 Å². The Morgan fingerprint density at radius 1 is 1.11 bits per heavy atom. The number of benzene rings is 1. The van der Waals surface area contributed by atoms with Gasteiger partial charge in [0.05, 0.1) is 0 Å². The highest BCUT2D eigenvalue weighted by Gasteiger charge is 2.15. The van der Waals surface area contributed by atoms with Crippen LogP contribution in [0.15, 0.2) is 54.7 Å². The van der Waals surface area contributed by atoms with Gasteiger partial charge in [0.15, 0.2) is 5.12 Å². The lowest BCUT2D eigenvalue weighted by atomic mass is 9.91. The van der Waals surface area contributed by atoms with E-state index < -0.39 is 0 Å². The SMILES string of the molecule is O=C(S)CCC(c1ccccc1)c1ccccn1. The van der Waals surface area contributed by atoms with E-state index in [1.165, 1.54) is 5.56 Å². The van der Waals surface area contributed by atoms with Crippen molar-refractivity contribution in [2.45, 2.75) is 18.8 Å². The molecule has 1 atom stereocenters. The fourth-order valence-corrected chi connectivity index (χ4v) is 2.15. The van der Waals surface area contributed by atoms with Crippen LogP contribution in [0, 0.1) is 0 Å². The van der Waals surface area contributed by atoms with E-state index in [0.29, 0.717) is 6.42 Å². The van der Waals surface area contributed by atoms with Gasteiger partial charge in [-0.15, -0.1) is 12.6 Å². The van der Waals surface area contributed by atoms with E-state index in [1.807, 2.05) is 36.4 Å². The fourth-order valence-electron chi connectivity index (χ4n) is 2.02. The number of carbonyl (C=O) groups is 1. The molecule has 0 aliphatic heterocycles. The van der Waals surface area contributed by atoms with Crippen LogP contribution in [0.2, 0.25) is 0 Å². The molecule has 0 bridgehead atoms. The molecule has 92 valence electrons. The third kappa shape index (κ3) is 3.44. The van der Waals surface area contributed by atoms with Gasteiger partial charge in [0, 0.05) is 24.2 Å². The molecule has 0 fully saturated rings. The maximum atomic E-state index is 11.1. The molecule has 0 amide bonds. The topological polar surface area (TPSA) is 30.0 Å². The first-order valence-electron chi connectivity index (χ1n) is 5.95. The minimum atomic E-state index is -0.0770. The van der Waals surface area contributed by atoms with Crippen molar-refractivity contribution in [2.24, 2.45) is 0 Å². The van der Waals surface area contributed by atoms with Crippen molar-refractivity contribution in [3.05, 3.63) is 66.0 Å². The van der Waals surface area contributed by atoms with Crippen LogP contribution in [-0.2, 0) is 4.79 Å². The summed E-state index contributed by atoms with van der Waals surface area (Å²) in [5, 5.41) is -0.0770. The highest BCUT2D eigenvalue weighted by molar-refractivity contribution is 7.96. The van der Waals surface area contributed by atoms with Gasteiger partial charge in [-0.1, -0.05) is 36.4 Å². The van der Waals surface area contributed by atoms with Gasteiger partial charge in [0.2, 0.25) is 0 Å². The van der Waals surface area contributed by atoms with Gasteiger partial charge >= 0.3 is 0 Å². The molecular formula is C15H15NOS. The molecule has 0 spiro atoms. The van der Waals surface area contributed by atoms with E-state index in [1.54, 1.807) is 6.20 Å². The Labute approximate surface area is 112 Å². The molecule has 1 unspecified atom stereocenters. The quantitative estimate of drug-likeness (QED) is 0.831. The Morgan fingerprint density at radius 3 is 2.44 bits per heavy atom. The summed E-state index contributed by atoms with van der Waals surface area (Å²) in [5.74, 6) is 0.156. The summed E-state index contributed by atoms with van der Waals surface area (Å²) in [5.41, 5.74) is 2.18. The van der Waals surface area contributed by atoms with Crippen LogP contribution in [0.25, 0.3) is 0 Å². The molecule has 18 heavy (non-hydrogen) atoms. The Morgan fingerprint density at radius 2 is 1.83 bits per heavy atom. The molecule has 0 saturated heterocycles. The number of hydrogen-bond acceptors (Lipinski definition) is 2. The normalized spacial score (nSPS) is 12.1. The summed E-state index contributed by atoms with van der Waals surface area (Å²) in [6, 6.07) is 16.0. The predicted molar refractivity (Wildman–Crippen MR) is 75.7 cm³/mol. The first-order chi connectivity index (χ1) is 8.77. The highest BCUT2D eigenvalue weighted by atomic mass is 32.1. The van der Waals surface area contributed by atoms with Crippen molar-refractivity contribution in [3.8, 4) is 0 Å².